The third-order valence-electron chi connectivity index (χ3n) is 1.67. The highest BCUT2D eigenvalue weighted by Gasteiger charge is 2.27. The first-order valence-electron chi connectivity index (χ1n) is 4.44. The normalized spacial score (nSPS) is 11.3. The minimum absolute atomic E-state index is 0.262. The molecule has 0 saturated heterocycles. The van der Waals surface area contributed by atoms with Gasteiger partial charge in [0.2, 0.25) is 0 Å². The number of alkyl halides is 3. The first-order valence-corrected chi connectivity index (χ1v) is 5.24. The van der Waals surface area contributed by atoms with Crippen LogP contribution in [-0.2, 0) is 4.74 Å². The largest absolute Gasteiger partial charge is 0.468 e. The van der Waals surface area contributed by atoms with E-state index in [1.54, 1.807) is 6.07 Å². The average molecular weight is 313 g/mol. The minimum Gasteiger partial charge on any atom is -0.468 e. The molecule has 0 saturated carbocycles. The van der Waals surface area contributed by atoms with Crippen LogP contribution in [0.4, 0.5) is 13.2 Å². The quantitative estimate of drug-likeness (QED) is 0.476. The molecule has 0 aliphatic rings. The predicted octanol–water partition coefficient (Wildman–Crippen LogP) is 3.18. The molecule has 0 amide bonds. The Balaban J connectivity index is 2.45. The fourth-order valence-electron chi connectivity index (χ4n) is 0.969. The molecule has 0 fully saturated rings. The van der Waals surface area contributed by atoms with Gasteiger partial charge in [0.25, 0.3) is 0 Å². The molecule has 0 unspecified atom stereocenters. The van der Waals surface area contributed by atoms with Crippen LogP contribution in [-0.4, -0.2) is 25.9 Å². The molecule has 1 aromatic rings. The molecule has 0 heterocycles. The van der Waals surface area contributed by atoms with Gasteiger partial charge in [0.1, 0.15) is 12.4 Å². The molecule has 0 aliphatic carbocycles. The second-order valence-corrected chi connectivity index (χ2v) is 3.88. The molecule has 7 heteroatoms. The molecule has 0 bridgehead atoms. The molecule has 0 N–H and O–H groups in total. The van der Waals surface area contributed by atoms with Gasteiger partial charge in [0.15, 0.2) is 13.1 Å². The van der Waals surface area contributed by atoms with Crippen molar-refractivity contribution in [1.82, 2.24) is 0 Å². The molecule has 0 aliphatic heterocycles. The number of ether oxygens (including phenoxy) is 2. The standard InChI is InChI=1S/C10H8BrF3O3/c11-9-2-1-8(3-7(9)4-15)17-6-16-5-10(12,13)14/h1-4H,5-6H2. The van der Waals surface area contributed by atoms with Crippen molar-refractivity contribution in [3.8, 4) is 5.75 Å². The van der Waals surface area contributed by atoms with Crippen LogP contribution in [0.2, 0.25) is 0 Å². The van der Waals surface area contributed by atoms with Crippen molar-refractivity contribution in [2.24, 2.45) is 0 Å². The summed E-state index contributed by atoms with van der Waals surface area (Å²) in [6.45, 7) is -1.90. The van der Waals surface area contributed by atoms with Crippen LogP contribution < -0.4 is 4.74 Å². The lowest BCUT2D eigenvalue weighted by atomic mass is 10.2. The van der Waals surface area contributed by atoms with Crippen LogP contribution in [0.3, 0.4) is 0 Å². The molecule has 3 nitrogen and oxygen atoms in total. The molecule has 94 valence electrons. The maximum Gasteiger partial charge on any atom is 0.411 e. The van der Waals surface area contributed by atoms with E-state index >= 15 is 0 Å². The third kappa shape index (κ3) is 5.18. The van der Waals surface area contributed by atoms with Crippen molar-refractivity contribution >= 4 is 22.2 Å². The Morgan fingerprint density at radius 2 is 2.06 bits per heavy atom. The van der Waals surface area contributed by atoms with E-state index in [1.165, 1.54) is 12.1 Å². The zero-order valence-corrected chi connectivity index (χ0v) is 10.0. The summed E-state index contributed by atoms with van der Waals surface area (Å²) < 4.78 is 44.9. The highest BCUT2D eigenvalue weighted by molar-refractivity contribution is 9.10. The topological polar surface area (TPSA) is 35.5 Å². The van der Waals surface area contributed by atoms with Gasteiger partial charge in [-0.15, -0.1) is 0 Å². The van der Waals surface area contributed by atoms with Gasteiger partial charge in [-0.1, -0.05) is 15.9 Å². The lowest BCUT2D eigenvalue weighted by Gasteiger charge is -2.09. The summed E-state index contributed by atoms with van der Waals surface area (Å²) in [6, 6.07) is 4.46. The fourth-order valence-corrected chi connectivity index (χ4v) is 1.31. The second kappa shape index (κ2) is 6.02. The zero-order valence-electron chi connectivity index (χ0n) is 8.46. The van der Waals surface area contributed by atoms with Crippen LogP contribution in [0.25, 0.3) is 0 Å². The van der Waals surface area contributed by atoms with E-state index in [9.17, 15) is 18.0 Å². The summed E-state index contributed by atoms with van der Waals surface area (Å²) in [6.07, 6.45) is -3.77. The summed E-state index contributed by atoms with van der Waals surface area (Å²) >= 11 is 3.13. The number of rotatable bonds is 5. The van der Waals surface area contributed by atoms with Crippen molar-refractivity contribution in [1.29, 1.82) is 0 Å². The van der Waals surface area contributed by atoms with Crippen molar-refractivity contribution in [3.63, 3.8) is 0 Å². The van der Waals surface area contributed by atoms with Gasteiger partial charge in [0, 0.05) is 10.0 Å². The molecular weight excluding hydrogens is 305 g/mol. The van der Waals surface area contributed by atoms with Crippen LogP contribution in [0.1, 0.15) is 10.4 Å². The Kier molecular flexibility index (Phi) is 4.95. The SMILES string of the molecule is O=Cc1cc(OCOCC(F)(F)F)ccc1Br. The smallest absolute Gasteiger partial charge is 0.411 e. The molecule has 0 radical (unpaired) electrons. The summed E-state index contributed by atoms with van der Waals surface area (Å²) in [5.41, 5.74) is 0.346. The predicted molar refractivity (Wildman–Crippen MR) is 57.0 cm³/mol. The van der Waals surface area contributed by atoms with Gasteiger partial charge < -0.3 is 9.47 Å². The summed E-state index contributed by atoms with van der Waals surface area (Å²) in [7, 11) is 0. The maximum absolute atomic E-state index is 11.7. The lowest BCUT2D eigenvalue weighted by Crippen LogP contribution is -2.19. The third-order valence-corrected chi connectivity index (χ3v) is 2.39. The van der Waals surface area contributed by atoms with Gasteiger partial charge in [0.05, 0.1) is 0 Å². The van der Waals surface area contributed by atoms with Crippen molar-refractivity contribution < 1.29 is 27.4 Å². The summed E-state index contributed by atoms with van der Waals surface area (Å²) in [4.78, 5) is 10.6. The number of halogens is 4. The Morgan fingerprint density at radius 3 is 2.65 bits per heavy atom. The molecule has 1 aromatic carbocycles. The second-order valence-electron chi connectivity index (χ2n) is 3.03. The molecule has 0 aromatic heterocycles. The first kappa shape index (κ1) is 14.0. The molecule has 0 atom stereocenters. The van der Waals surface area contributed by atoms with E-state index in [-0.39, 0.29) is 5.75 Å². The van der Waals surface area contributed by atoms with Crippen LogP contribution >= 0.6 is 15.9 Å². The highest BCUT2D eigenvalue weighted by atomic mass is 79.9. The van der Waals surface area contributed by atoms with Crippen LogP contribution in [0, 0.1) is 0 Å². The molecular formula is C10H8BrF3O3. The number of benzene rings is 1. The minimum atomic E-state index is -4.38. The molecule has 0 spiro atoms. The van der Waals surface area contributed by atoms with Crippen molar-refractivity contribution in [2.75, 3.05) is 13.4 Å². The summed E-state index contributed by atoms with van der Waals surface area (Å²) in [5.74, 6) is 0.262. The highest BCUT2D eigenvalue weighted by Crippen LogP contribution is 2.21. The monoisotopic (exact) mass is 312 g/mol. The Labute approximate surface area is 104 Å². The number of aldehydes is 1. The number of carbonyl (C=O) groups excluding carboxylic acids is 1. The van der Waals surface area contributed by atoms with Crippen LogP contribution in [0.5, 0.6) is 5.75 Å². The maximum atomic E-state index is 11.7. The Bertz CT molecular complexity index is 393. The zero-order chi connectivity index (χ0) is 12.9. The lowest BCUT2D eigenvalue weighted by molar-refractivity contribution is -0.186. The van der Waals surface area contributed by atoms with E-state index in [0.29, 0.717) is 16.3 Å². The molecule has 17 heavy (non-hydrogen) atoms. The van der Waals surface area contributed by atoms with Crippen molar-refractivity contribution in [3.05, 3.63) is 28.2 Å². The van der Waals surface area contributed by atoms with E-state index in [2.05, 4.69) is 20.7 Å². The number of carbonyl (C=O) groups is 1. The van der Waals surface area contributed by atoms with Crippen LogP contribution in [0.15, 0.2) is 22.7 Å². The van der Waals surface area contributed by atoms with Gasteiger partial charge >= 0.3 is 6.18 Å². The Hall–Kier alpha value is -1.08. The van der Waals surface area contributed by atoms with Gasteiger partial charge in [-0.25, -0.2) is 0 Å². The van der Waals surface area contributed by atoms with Gasteiger partial charge in [-0.05, 0) is 18.2 Å². The van der Waals surface area contributed by atoms with E-state index in [0.717, 1.165) is 0 Å². The number of hydrogen-bond acceptors (Lipinski definition) is 3. The molecule has 1 rings (SSSR count). The van der Waals surface area contributed by atoms with E-state index in [4.69, 9.17) is 4.74 Å². The summed E-state index contributed by atoms with van der Waals surface area (Å²) in [5, 5.41) is 0. The van der Waals surface area contributed by atoms with Gasteiger partial charge in [-0.3, -0.25) is 4.79 Å². The van der Waals surface area contributed by atoms with Gasteiger partial charge in [-0.2, -0.15) is 13.2 Å². The fraction of sp³-hybridized carbons (Fsp3) is 0.300. The van der Waals surface area contributed by atoms with E-state index < -0.39 is 19.6 Å². The van der Waals surface area contributed by atoms with Crippen molar-refractivity contribution in [2.45, 2.75) is 6.18 Å². The average Bonchev–Trinajstić information content (AvgIpc) is 2.25. The Morgan fingerprint density at radius 1 is 1.35 bits per heavy atom. The van der Waals surface area contributed by atoms with E-state index in [1.807, 2.05) is 0 Å². The first-order chi connectivity index (χ1) is 7.92. The number of hydrogen-bond donors (Lipinski definition) is 0.